The Morgan fingerprint density at radius 2 is 1.80 bits per heavy atom. The molecule has 1 aliphatic rings. The minimum atomic E-state index is -0.338. The Morgan fingerprint density at radius 3 is 2.48 bits per heavy atom. The van der Waals surface area contributed by atoms with Crippen LogP contribution in [0, 0.1) is 6.92 Å². The normalized spacial score (nSPS) is 16.9. The summed E-state index contributed by atoms with van der Waals surface area (Å²) in [7, 11) is 0. The molecule has 2 aromatic rings. The lowest BCUT2D eigenvalue weighted by Gasteiger charge is -2.30. The molecule has 3 rings (SSSR count). The quantitative estimate of drug-likeness (QED) is 0.711. The van der Waals surface area contributed by atoms with Gasteiger partial charge in [0.2, 0.25) is 0 Å². The third-order valence-corrected chi connectivity index (χ3v) is 4.58. The third-order valence-electron chi connectivity index (χ3n) is 4.11. The Labute approximate surface area is 157 Å². The van der Waals surface area contributed by atoms with Crippen LogP contribution in [0.25, 0.3) is 0 Å². The lowest BCUT2D eigenvalue weighted by molar-refractivity contribution is -0.113. The smallest absolute Gasteiger partial charge is 0.255 e. The first kappa shape index (κ1) is 17.5. The number of carbonyl (C=O) groups is 1. The number of amides is 1. The molecule has 128 valence electrons. The molecule has 0 fully saturated rings. The van der Waals surface area contributed by atoms with Crippen LogP contribution in [0.5, 0.6) is 0 Å². The van der Waals surface area contributed by atoms with Gasteiger partial charge in [-0.3, -0.25) is 4.79 Å². The number of halogens is 1. The maximum absolute atomic E-state index is 13.0. The molecule has 1 amide bonds. The van der Waals surface area contributed by atoms with Crippen molar-refractivity contribution in [1.29, 1.82) is 0 Å². The molecular formula is C19H18ClN3OS. The Hall–Kier alpha value is -2.37. The van der Waals surface area contributed by atoms with Crippen molar-refractivity contribution in [2.75, 3.05) is 5.32 Å². The van der Waals surface area contributed by atoms with E-state index in [1.54, 1.807) is 12.1 Å². The fourth-order valence-electron chi connectivity index (χ4n) is 2.80. The van der Waals surface area contributed by atoms with Crippen molar-refractivity contribution in [2.24, 2.45) is 0 Å². The zero-order valence-electron chi connectivity index (χ0n) is 13.9. The highest BCUT2D eigenvalue weighted by Crippen LogP contribution is 2.29. The van der Waals surface area contributed by atoms with E-state index in [4.69, 9.17) is 23.8 Å². The molecular weight excluding hydrogens is 354 g/mol. The van der Waals surface area contributed by atoms with Crippen molar-refractivity contribution in [2.45, 2.75) is 19.9 Å². The van der Waals surface area contributed by atoms with Gasteiger partial charge in [0.1, 0.15) is 0 Å². The maximum atomic E-state index is 13.0. The minimum absolute atomic E-state index is 0.172. The van der Waals surface area contributed by atoms with Crippen molar-refractivity contribution in [3.05, 3.63) is 76.0 Å². The summed E-state index contributed by atoms with van der Waals surface area (Å²) in [6.07, 6.45) is 0. The van der Waals surface area contributed by atoms with Crippen molar-refractivity contribution >= 4 is 40.5 Å². The third kappa shape index (κ3) is 3.83. The number of benzene rings is 2. The van der Waals surface area contributed by atoms with Gasteiger partial charge in [-0.25, -0.2) is 0 Å². The van der Waals surface area contributed by atoms with Gasteiger partial charge in [0.05, 0.1) is 11.6 Å². The Kier molecular flexibility index (Phi) is 5.06. The number of aryl methyl sites for hydroxylation is 1. The van der Waals surface area contributed by atoms with E-state index in [0.29, 0.717) is 15.7 Å². The summed E-state index contributed by atoms with van der Waals surface area (Å²) in [4.78, 5) is 13.0. The standard InChI is InChI=1S/C19H18ClN3OS/c1-11-5-3-4-6-15(11)22-18(24)16-12(2)21-19(25)23-17(16)13-7-9-14(20)10-8-13/h3-10,17H,1-2H3,(H,22,24)(H2,21,23,25)/t17-/m1/s1. The molecule has 0 unspecified atom stereocenters. The number of hydrogen-bond donors (Lipinski definition) is 3. The van der Waals surface area contributed by atoms with E-state index in [-0.39, 0.29) is 11.9 Å². The van der Waals surface area contributed by atoms with Crippen LogP contribution in [0.4, 0.5) is 5.69 Å². The van der Waals surface area contributed by atoms with Gasteiger partial charge in [0.15, 0.2) is 5.11 Å². The minimum Gasteiger partial charge on any atom is -0.351 e. The van der Waals surface area contributed by atoms with Crippen LogP contribution in [-0.2, 0) is 4.79 Å². The molecule has 0 saturated carbocycles. The van der Waals surface area contributed by atoms with Crippen molar-refractivity contribution in [3.8, 4) is 0 Å². The van der Waals surface area contributed by atoms with Gasteiger partial charge in [-0.1, -0.05) is 41.9 Å². The summed E-state index contributed by atoms with van der Waals surface area (Å²) >= 11 is 11.2. The average molecular weight is 372 g/mol. The molecule has 0 saturated heterocycles. The van der Waals surface area contributed by atoms with E-state index in [1.165, 1.54) is 0 Å². The summed E-state index contributed by atoms with van der Waals surface area (Å²) in [6.45, 7) is 3.81. The molecule has 0 spiro atoms. The Bertz CT molecular complexity index is 861. The summed E-state index contributed by atoms with van der Waals surface area (Å²) in [6, 6.07) is 14.7. The maximum Gasteiger partial charge on any atom is 0.255 e. The van der Waals surface area contributed by atoms with Crippen LogP contribution in [-0.4, -0.2) is 11.0 Å². The first-order valence-corrected chi connectivity index (χ1v) is 8.65. The second-order valence-electron chi connectivity index (χ2n) is 5.89. The Balaban J connectivity index is 1.96. The number of hydrogen-bond acceptors (Lipinski definition) is 2. The van der Waals surface area contributed by atoms with E-state index < -0.39 is 0 Å². The largest absolute Gasteiger partial charge is 0.351 e. The molecule has 1 aliphatic heterocycles. The van der Waals surface area contributed by atoms with Gasteiger partial charge in [-0.2, -0.15) is 0 Å². The predicted molar refractivity (Wildman–Crippen MR) is 106 cm³/mol. The van der Waals surface area contributed by atoms with Crippen molar-refractivity contribution < 1.29 is 4.79 Å². The molecule has 0 aromatic heterocycles. The fourth-order valence-corrected chi connectivity index (χ4v) is 3.20. The summed E-state index contributed by atoms with van der Waals surface area (Å²) < 4.78 is 0. The average Bonchev–Trinajstić information content (AvgIpc) is 2.57. The Morgan fingerprint density at radius 1 is 1.12 bits per heavy atom. The number of carbonyl (C=O) groups excluding carboxylic acids is 1. The monoisotopic (exact) mass is 371 g/mol. The van der Waals surface area contributed by atoms with Crippen LogP contribution in [0.15, 0.2) is 59.8 Å². The number of para-hydroxylation sites is 1. The van der Waals surface area contributed by atoms with Gasteiger partial charge in [0, 0.05) is 16.4 Å². The number of nitrogens with one attached hydrogen (secondary N) is 3. The van der Waals surface area contributed by atoms with E-state index >= 15 is 0 Å². The van der Waals surface area contributed by atoms with Gasteiger partial charge in [0.25, 0.3) is 5.91 Å². The molecule has 0 radical (unpaired) electrons. The SMILES string of the molecule is CC1=C(C(=O)Nc2ccccc2C)[C@@H](c2ccc(Cl)cc2)NC(=S)N1. The van der Waals surface area contributed by atoms with E-state index in [0.717, 1.165) is 22.5 Å². The van der Waals surface area contributed by atoms with Gasteiger partial charge >= 0.3 is 0 Å². The van der Waals surface area contributed by atoms with Gasteiger partial charge in [-0.05, 0) is 55.4 Å². The zero-order chi connectivity index (χ0) is 18.0. The van der Waals surface area contributed by atoms with Crippen molar-refractivity contribution in [1.82, 2.24) is 10.6 Å². The number of anilines is 1. The molecule has 25 heavy (non-hydrogen) atoms. The number of rotatable bonds is 3. The van der Waals surface area contributed by atoms with E-state index in [1.807, 2.05) is 50.2 Å². The van der Waals surface area contributed by atoms with Crippen LogP contribution in [0.2, 0.25) is 5.02 Å². The molecule has 4 nitrogen and oxygen atoms in total. The topological polar surface area (TPSA) is 53.2 Å². The predicted octanol–water partition coefficient (Wildman–Crippen LogP) is 4.08. The number of allylic oxidation sites excluding steroid dienone is 1. The fraction of sp³-hybridized carbons (Fsp3) is 0.158. The molecule has 0 aliphatic carbocycles. The zero-order valence-corrected chi connectivity index (χ0v) is 15.5. The highest BCUT2D eigenvalue weighted by atomic mass is 35.5. The molecule has 6 heteroatoms. The van der Waals surface area contributed by atoms with Gasteiger partial charge < -0.3 is 16.0 Å². The molecule has 3 N–H and O–H groups in total. The van der Waals surface area contributed by atoms with Crippen LogP contribution in [0.3, 0.4) is 0 Å². The molecule has 1 atom stereocenters. The second-order valence-corrected chi connectivity index (χ2v) is 6.74. The summed E-state index contributed by atoms with van der Waals surface area (Å²) in [5.74, 6) is -0.172. The second kappa shape index (κ2) is 7.25. The van der Waals surface area contributed by atoms with Crippen LogP contribution < -0.4 is 16.0 Å². The molecule has 2 aromatic carbocycles. The highest BCUT2D eigenvalue weighted by molar-refractivity contribution is 7.80. The van der Waals surface area contributed by atoms with E-state index in [9.17, 15) is 4.79 Å². The lowest BCUT2D eigenvalue weighted by Crippen LogP contribution is -2.45. The highest BCUT2D eigenvalue weighted by Gasteiger charge is 2.30. The number of thiocarbonyl (C=S) groups is 1. The van der Waals surface area contributed by atoms with Crippen molar-refractivity contribution in [3.63, 3.8) is 0 Å². The van der Waals surface area contributed by atoms with Crippen LogP contribution >= 0.6 is 23.8 Å². The van der Waals surface area contributed by atoms with E-state index in [2.05, 4.69) is 16.0 Å². The molecule has 1 heterocycles. The lowest BCUT2D eigenvalue weighted by atomic mass is 9.95. The molecule has 0 bridgehead atoms. The first-order chi connectivity index (χ1) is 12.0. The summed E-state index contributed by atoms with van der Waals surface area (Å²) in [5.41, 5.74) is 4.04. The van der Waals surface area contributed by atoms with Gasteiger partial charge in [-0.15, -0.1) is 0 Å². The van der Waals surface area contributed by atoms with Crippen LogP contribution in [0.1, 0.15) is 24.1 Å². The first-order valence-electron chi connectivity index (χ1n) is 7.86. The summed E-state index contributed by atoms with van der Waals surface area (Å²) in [5, 5.41) is 10.3.